The molecule has 88 valence electrons. The molecule has 0 aromatic heterocycles. The zero-order chi connectivity index (χ0) is 11.4. The number of nitrogens with two attached hydrogens (primary N) is 1. The van der Waals surface area contributed by atoms with Crippen molar-refractivity contribution in [2.75, 3.05) is 13.1 Å². The van der Waals surface area contributed by atoms with Crippen molar-refractivity contribution < 1.29 is 0 Å². The van der Waals surface area contributed by atoms with E-state index in [9.17, 15) is 0 Å². The van der Waals surface area contributed by atoms with Crippen LogP contribution in [0.25, 0.3) is 0 Å². The Labute approximate surface area is 106 Å². The molecule has 2 rings (SSSR count). The number of rotatable bonds is 5. The van der Waals surface area contributed by atoms with Crippen LogP contribution in [0.1, 0.15) is 30.7 Å². The van der Waals surface area contributed by atoms with E-state index in [1.807, 2.05) is 0 Å². The van der Waals surface area contributed by atoms with Crippen LogP contribution in [0.4, 0.5) is 0 Å². The van der Waals surface area contributed by atoms with Crippen molar-refractivity contribution in [1.82, 2.24) is 5.32 Å². The molecule has 3 N–H and O–H groups in total. The van der Waals surface area contributed by atoms with Crippen molar-refractivity contribution in [2.45, 2.75) is 31.2 Å². The third-order valence-corrected chi connectivity index (χ3v) is 3.91. The second-order valence-corrected chi connectivity index (χ2v) is 5.44. The highest BCUT2D eigenvalue weighted by molar-refractivity contribution is 9.10. The highest BCUT2D eigenvalue weighted by atomic mass is 79.9. The van der Waals surface area contributed by atoms with Gasteiger partial charge in [0.25, 0.3) is 0 Å². The van der Waals surface area contributed by atoms with Gasteiger partial charge in [-0.2, -0.15) is 0 Å². The topological polar surface area (TPSA) is 38.0 Å². The van der Waals surface area contributed by atoms with Crippen molar-refractivity contribution in [1.29, 1.82) is 0 Å². The second-order valence-electron chi connectivity index (χ2n) is 4.52. The molecule has 1 aromatic carbocycles. The molecule has 1 saturated carbocycles. The van der Waals surface area contributed by atoms with Crippen molar-refractivity contribution >= 4 is 15.9 Å². The summed E-state index contributed by atoms with van der Waals surface area (Å²) in [5.41, 5.74) is 7.17. The van der Waals surface area contributed by atoms with E-state index in [0.29, 0.717) is 12.5 Å². The number of hydrogen-bond acceptors (Lipinski definition) is 2. The first-order valence-corrected chi connectivity index (χ1v) is 6.78. The number of halogens is 1. The van der Waals surface area contributed by atoms with E-state index in [0.717, 1.165) is 17.1 Å². The quantitative estimate of drug-likeness (QED) is 0.871. The molecule has 0 radical (unpaired) electrons. The van der Waals surface area contributed by atoms with Crippen LogP contribution in [-0.2, 0) is 0 Å². The Kier molecular flexibility index (Phi) is 4.38. The fraction of sp³-hybridized carbons (Fsp3) is 0.538. The van der Waals surface area contributed by atoms with Gasteiger partial charge in [-0.25, -0.2) is 0 Å². The normalized spacial score (nSPS) is 18.1. The number of hydrogen-bond donors (Lipinski definition) is 2. The minimum atomic E-state index is 0.439. The third kappa shape index (κ3) is 3.06. The first-order chi connectivity index (χ1) is 7.79. The van der Waals surface area contributed by atoms with Crippen LogP contribution in [0.15, 0.2) is 28.7 Å². The Bertz CT molecular complexity index is 319. The highest BCUT2D eigenvalue weighted by Gasteiger charge is 2.18. The van der Waals surface area contributed by atoms with Crippen molar-refractivity contribution in [3.63, 3.8) is 0 Å². The molecule has 0 aliphatic heterocycles. The molecule has 1 aliphatic rings. The van der Waals surface area contributed by atoms with Gasteiger partial charge in [0.2, 0.25) is 0 Å². The summed E-state index contributed by atoms with van der Waals surface area (Å²) in [5.74, 6) is 0.439. The Balaban J connectivity index is 1.90. The van der Waals surface area contributed by atoms with E-state index in [1.165, 1.54) is 24.8 Å². The molecule has 1 atom stereocenters. The zero-order valence-corrected chi connectivity index (χ0v) is 11.0. The Morgan fingerprint density at radius 1 is 1.31 bits per heavy atom. The summed E-state index contributed by atoms with van der Waals surface area (Å²) in [6, 6.07) is 9.22. The predicted molar refractivity (Wildman–Crippen MR) is 71.6 cm³/mol. The summed E-state index contributed by atoms with van der Waals surface area (Å²) < 4.78 is 1.12. The van der Waals surface area contributed by atoms with E-state index >= 15 is 0 Å². The summed E-state index contributed by atoms with van der Waals surface area (Å²) in [4.78, 5) is 0. The van der Waals surface area contributed by atoms with Crippen LogP contribution < -0.4 is 11.1 Å². The van der Waals surface area contributed by atoms with Crippen molar-refractivity contribution in [3.8, 4) is 0 Å². The lowest BCUT2D eigenvalue weighted by Crippen LogP contribution is -2.39. The molecule has 1 unspecified atom stereocenters. The number of benzene rings is 1. The minimum absolute atomic E-state index is 0.439. The molecule has 0 heterocycles. The predicted octanol–water partition coefficient (Wildman–Crippen LogP) is 2.63. The van der Waals surface area contributed by atoms with Gasteiger partial charge < -0.3 is 11.1 Å². The monoisotopic (exact) mass is 282 g/mol. The fourth-order valence-electron chi connectivity index (χ4n) is 1.99. The lowest BCUT2D eigenvalue weighted by atomic mass is 9.91. The summed E-state index contributed by atoms with van der Waals surface area (Å²) in [6.45, 7) is 1.71. The van der Waals surface area contributed by atoms with Gasteiger partial charge in [-0.15, -0.1) is 0 Å². The van der Waals surface area contributed by atoms with Gasteiger partial charge in [-0.1, -0.05) is 34.5 Å². The average molecular weight is 283 g/mol. The highest BCUT2D eigenvalue weighted by Crippen LogP contribution is 2.21. The minimum Gasteiger partial charge on any atom is -0.330 e. The average Bonchev–Trinajstić information content (AvgIpc) is 2.24. The van der Waals surface area contributed by atoms with Crippen molar-refractivity contribution in [3.05, 3.63) is 34.3 Å². The van der Waals surface area contributed by atoms with E-state index in [4.69, 9.17) is 5.73 Å². The molecule has 1 aliphatic carbocycles. The largest absolute Gasteiger partial charge is 0.330 e. The molecule has 0 bridgehead atoms. The van der Waals surface area contributed by atoms with Gasteiger partial charge in [0, 0.05) is 29.5 Å². The maximum absolute atomic E-state index is 5.84. The van der Waals surface area contributed by atoms with Crippen LogP contribution in [0.3, 0.4) is 0 Å². The molecule has 0 saturated heterocycles. The molecule has 0 spiro atoms. The molecular weight excluding hydrogens is 264 g/mol. The zero-order valence-electron chi connectivity index (χ0n) is 9.45. The third-order valence-electron chi connectivity index (χ3n) is 3.38. The van der Waals surface area contributed by atoms with Gasteiger partial charge >= 0.3 is 0 Å². The molecule has 0 amide bonds. The molecule has 1 aromatic rings. The maximum atomic E-state index is 5.84. The molecular formula is C13H19BrN2. The SMILES string of the molecule is NCC(CNC1CCC1)c1ccc(Br)cc1. The lowest BCUT2D eigenvalue weighted by molar-refractivity contribution is 0.332. The smallest absolute Gasteiger partial charge is 0.0175 e. The van der Waals surface area contributed by atoms with Crippen LogP contribution in [0, 0.1) is 0 Å². The van der Waals surface area contributed by atoms with Crippen LogP contribution in [0.2, 0.25) is 0 Å². The lowest BCUT2D eigenvalue weighted by Gasteiger charge is -2.28. The first-order valence-electron chi connectivity index (χ1n) is 5.98. The van der Waals surface area contributed by atoms with Gasteiger partial charge in [-0.3, -0.25) is 0 Å². The first kappa shape index (κ1) is 12.1. The fourth-order valence-corrected chi connectivity index (χ4v) is 2.26. The van der Waals surface area contributed by atoms with Gasteiger partial charge in [-0.05, 0) is 30.5 Å². The maximum Gasteiger partial charge on any atom is 0.0175 e. The van der Waals surface area contributed by atoms with Crippen molar-refractivity contribution in [2.24, 2.45) is 5.73 Å². The Hall–Kier alpha value is -0.380. The van der Waals surface area contributed by atoms with E-state index in [1.54, 1.807) is 0 Å². The number of nitrogens with one attached hydrogen (secondary N) is 1. The van der Waals surface area contributed by atoms with Crippen LogP contribution in [-0.4, -0.2) is 19.1 Å². The standard InChI is InChI=1S/C13H19BrN2/c14-12-6-4-10(5-7-12)11(8-15)9-16-13-2-1-3-13/h4-7,11,13,16H,1-3,8-9,15H2. The second kappa shape index (κ2) is 5.80. The molecule has 16 heavy (non-hydrogen) atoms. The summed E-state index contributed by atoms with van der Waals surface area (Å²) in [7, 11) is 0. The molecule has 2 nitrogen and oxygen atoms in total. The summed E-state index contributed by atoms with van der Waals surface area (Å²) >= 11 is 3.45. The van der Waals surface area contributed by atoms with E-state index in [-0.39, 0.29) is 0 Å². The van der Waals surface area contributed by atoms with E-state index < -0.39 is 0 Å². The summed E-state index contributed by atoms with van der Waals surface area (Å²) in [5, 5.41) is 3.59. The Morgan fingerprint density at radius 3 is 2.50 bits per heavy atom. The summed E-state index contributed by atoms with van der Waals surface area (Å²) in [6.07, 6.45) is 4.04. The van der Waals surface area contributed by atoms with Gasteiger partial charge in [0.05, 0.1) is 0 Å². The Morgan fingerprint density at radius 2 is 2.00 bits per heavy atom. The molecule has 3 heteroatoms. The van der Waals surface area contributed by atoms with Crippen LogP contribution >= 0.6 is 15.9 Å². The van der Waals surface area contributed by atoms with E-state index in [2.05, 4.69) is 45.5 Å². The van der Waals surface area contributed by atoms with Gasteiger partial charge in [0.15, 0.2) is 0 Å². The van der Waals surface area contributed by atoms with Crippen LogP contribution in [0.5, 0.6) is 0 Å². The van der Waals surface area contributed by atoms with Gasteiger partial charge in [0.1, 0.15) is 0 Å². The molecule has 1 fully saturated rings.